The van der Waals surface area contributed by atoms with Crippen LogP contribution in [0.25, 0.3) is 0 Å². The Balaban J connectivity index is 2.35. The number of carbonyl (C=O) groups excluding carboxylic acids is 1. The van der Waals surface area contributed by atoms with Crippen molar-refractivity contribution in [2.24, 2.45) is 0 Å². The minimum Gasteiger partial charge on any atom is -0.493 e. The van der Waals surface area contributed by atoms with Gasteiger partial charge in [-0.1, -0.05) is 6.07 Å². The molecule has 7 heteroatoms. The van der Waals surface area contributed by atoms with Crippen LogP contribution in [-0.4, -0.2) is 49.3 Å². The molecule has 0 unspecified atom stereocenters. The molecule has 0 saturated heterocycles. The highest BCUT2D eigenvalue weighted by Crippen LogP contribution is 2.27. The van der Waals surface area contributed by atoms with Crippen molar-refractivity contribution >= 4 is 23.6 Å². The highest BCUT2D eigenvalue weighted by atomic mass is 32.2. The van der Waals surface area contributed by atoms with Gasteiger partial charge in [0.1, 0.15) is 0 Å². The Morgan fingerprint density at radius 1 is 1.19 bits per heavy atom. The lowest BCUT2D eigenvalue weighted by atomic mass is 10.1. The zero-order valence-electron chi connectivity index (χ0n) is 12.0. The summed E-state index contributed by atoms with van der Waals surface area (Å²) in [6, 6.07) is 5.59. The Kier molecular flexibility index (Phi) is 7.45. The molecule has 0 radical (unpaired) electrons. The molecule has 1 aromatic carbocycles. The molecule has 0 aliphatic carbocycles. The van der Waals surface area contributed by atoms with Gasteiger partial charge in [0.15, 0.2) is 11.5 Å². The minimum absolute atomic E-state index is 0.0664. The number of nitrogens with one attached hydrogen (secondary N) is 1. The average molecular weight is 313 g/mol. The van der Waals surface area contributed by atoms with Crippen LogP contribution in [0.5, 0.6) is 11.5 Å². The van der Waals surface area contributed by atoms with Gasteiger partial charge in [-0.25, -0.2) is 0 Å². The van der Waals surface area contributed by atoms with E-state index in [1.54, 1.807) is 14.2 Å². The highest BCUT2D eigenvalue weighted by Gasteiger charge is 2.06. The van der Waals surface area contributed by atoms with Gasteiger partial charge in [-0.05, 0) is 24.1 Å². The van der Waals surface area contributed by atoms with Crippen molar-refractivity contribution in [3.63, 3.8) is 0 Å². The van der Waals surface area contributed by atoms with Gasteiger partial charge in [0, 0.05) is 6.54 Å². The van der Waals surface area contributed by atoms with E-state index >= 15 is 0 Å². The van der Waals surface area contributed by atoms with Crippen LogP contribution in [-0.2, 0) is 16.0 Å². The first-order valence-electron chi connectivity index (χ1n) is 6.34. The van der Waals surface area contributed by atoms with Gasteiger partial charge in [0.25, 0.3) is 0 Å². The number of carbonyl (C=O) groups is 2. The molecule has 0 fully saturated rings. The van der Waals surface area contributed by atoms with E-state index < -0.39 is 5.97 Å². The lowest BCUT2D eigenvalue weighted by molar-refractivity contribution is -0.133. The number of methoxy groups -OCH3 is 2. The van der Waals surface area contributed by atoms with E-state index in [9.17, 15) is 9.59 Å². The normalized spacial score (nSPS) is 10.0. The van der Waals surface area contributed by atoms with E-state index in [1.807, 2.05) is 18.2 Å². The number of carboxylic acid groups (broad SMARTS) is 1. The molecule has 21 heavy (non-hydrogen) atoms. The van der Waals surface area contributed by atoms with E-state index in [0.29, 0.717) is 24.5 Å². The molecule has 6 nitrogen and oxygen atoms in total. The number of thioether (sulfide) groups is 1. The number of carboxylic acids is 1. The van der Waals surface area contributed by atoms with Crippen LogP contribution in [0.2, 0.25) is 0 Å². The maximum atomic E-state index is 11.5. The maximum Gasteiger partial charge on any atom is 0.313 e. The van der Waals surface area contributed by atoms with Crippen LogP contribution >= 0.6 is 11.8 Å². The van der Waals surface area contributed by atoms with Crippen LogP contribution in [0.4, 0.5) is 0 Å². The molecule has 0 heterocycles. The summed E-state index contributed by atoms with van der Waals surface area (Å²) in [5.41, 5.74) is 1.02. The first-order chi connectivity index (χ1) is 10.1. The van der Waals surface area contributed by atoms with E-state index in [0.717, 1.165) is 17.3 Å². The molecule has 0 aliphatic rings. The van der Waals surface area contributed by atoms with Crippen molar-refractivity contribution in [3.8, 4) is 11.5 Å². The van der Waals surface area contributed by atoms with Crippen LogP contribution in [0.3, 0.4) is 0 Å². The number of aliphatic carboxylic acids is 1. The van der Waals surface area contributed by atoms with Gasteiger partial charge in [-0.15, -0.1) is 11.8 Å². The third kappa shape index (κ3) is 6.40. The molecule has 1 rings (SSSR count). The lowest BCUT2D eigenvalue weighted by Gasteiger charge is -2.10. The monoisotopic (exact) mass is 313 g/mol. The van der Waals surface area contributed by atoms with Crippen molar-refractivity contribution < 1.29 is 24.2 Å². The van der Waals surface area contributed by atoms with Crippen LogP contribution in [0.15, 0.2) is 18.2 Å². The van der Waals surface area contributed by atoms with E-state index in [4.69, 9.17) is 14.6 Å². The first kappa shape index (κ1) is 17.2. The summed E-state index contributed by atoms with van der Waals surface area (Å²) in [4.78, 5) is 21.8. The van der Waals surface area contributed by atoms with Crippen molar-refractivity contribution in [2.45, 2.75) is 6.42 Å². The Hall–Kier alpha value is -1.89. The lowest BCUT2D eigenvalue weighted by Crippen LogP contribution is -2.27. The molecule has 0 bridgehead atoms. The summed E-state index contributed by atoms with van der Waals surface area (Å²) in [6.45, 7) is 0.488. The van der Waals surface area contributed by atoms with Crippen molar-refractivity contribution in [3.05, 3.63) is 23.8 Å². The maximum absolute atomic E-state index is 11.5. The molecule has 1 amide bonds. The zero-order chi connectivity index (χ0) is 15.7. The Morgan fingerprint density at radius 2 is 1.90 bits per heavy atom. The summed E-state index contributed by atoms with van der Waals surface area (Å²) >= 11 is 1.08. The second kappa shape index (κ2) is 9.12. The third-order valence-electron chi connectivity index (χ3n) is 2.64. The number of amides is 1. The fourth-order valence-electron chi connectivity index (χ4n) is 1.66. The van der Waals surface area contributed by atoms with Gasteiger partial charge in [0.05, 0.1) is 25.7 Å². The molecule has 0 spiro atoms. The first-order valence-corrected chi connectivity index (χ1v) is 7.49. The molecule has 0 atom stereocenters. The number of hydrogen-bond donors (Lipinski definition) is 2. The van der Waals surface area contributed by atoms with Crippen molar-refractivity contribution in [1.29, 1.82) is 0 Å². The largest absolute Gasteiger partial charge is 0.493 e. The number of benzene rings is 1. The summed E-state index contributed by atoms with van der Waals surface area (Å²) in [6.07, 6.45) is 0.662. The van der Waals surface area contributed by atoms with Crippen molar-refractivity contribution in [1.82, 2.24) is 5.32 Å². The van der Waals surface area contributed by atoms with Gasteiger partial charge >= 0.3 is 5.97 Å². The van der Waals surface area contributed by atoms with Crippen LogP contribution < -0.4 is 14.8 Å². The van der Waals surface area contributed by atoms with E-state index in [2.05, 4.69) is 5.32 Å². The Morgan fingerprint density at radius 3 is 2.52 bits per heavy atom. The van der Waals surface area contributed by atoms with Crippen LogP contribution in [0.1, 0.15) is 5.56 Å². The zero-order valence-corrected chi connectivity index (χ0v) is 12.9. The standard InChI is InChI=1S/C14H19NO5S/c1-19-11-4-3-10(7-12(11)20-2)5-6-15-13(16)8-21-9-14(17)18/h3-4,7H,5-6,8-9H2,1-2H3,(H,15,16)(H,17,18). The van der Waals surface area contributed by atoms with Gasteiger partial charge in [-0.3, -0.25) is 9.59 Å². The highest BCUT2D eigenvalue weighted by molar-refractivity contribution is 8.00. The number of ether oxygens (including phenoxy) is 2. The molecular formula is C14H19NO5S. The Labute approximate surface area is 127 Å². The predicted octanol–water partition coefficient (Wildman–Crippen LogP) is 1.18. The number of hydrogen-bond acceptors (Lipinski definition) is 5. The fourth-order valence-corrected chi connectivity index (χ4v) is 2.23. The molecule has 2 N–H and O–H groups in total. The topological polar surface area (TPSA) is 84.9 Å². The molecule has 0 saturated carbocycles. The van der Waals surface area contributed by atoms with E-state index in [1.165, 1.54) is 0 Å². The van der Waals surface area contributed by atoms with E-state index in [-0.39, 0.29) is 17.4 Å². The predicted molar refractivity (Wildman–Crippen MR) is 81.2 cm³/mol. The quantitative estimate of drug-likeness (QED) is 0.712. The second-order valence-corrected chi connectivity index (χ2v) is 5.16. The van der Waals surface area contributed by atoms with Gasteiger partial charge in [0.2, 0.25) is 5.91 Å². The fraction of sp³-hybridized carbons (Fsp3) is 0.429. The SMILES string of the molecule is COc1ccc(CCNC(=O)CSCC(=O)O)cc1OC. The number of rotatable bonds is 9. The Bertz CT molecular complexity index is 492. The second-order valence-electron chi connectivity index (χ2n) is 4.18. The molecule has 116 valence electrons. The van der Waals surface area contributed by atoms with Crippen LogP contribution in [0, 0.1) is 0 Å². The summed E-state index contributed by atoms with van der Waals surface area (Å²) in [5, 5.41) is 11.2. The summed E-state index contributed by atoms with van der Waals surface area (Å²) in [7, 11) is 3.15. The molecule has 0 aromatic heterocycles. The molecule has 0 aliphatic heterocycles. The summed E-state index contributed by atoms with van der Waals surface area (Å²) in [5.74, 6) is 0.315. The minimum atomic E-state index is -0.918. The van der Waals surface area contributed by atoms with Crippen molar-refractivity contribution in [2.75, 3.05) is 32.3 Å². The molecular weight excluding hydrogens is 294 g/mol. The summed E-state index contributed by atoms with van der Waals surface area (Å²) < 4.78 is 10.4. The average Bonchev–Trinajstić information content (AvgIpc) is 2.46. The third-order valence-corrected chi connectivity index (χ3v) is 3.56. The smallest absolute Gasteiger partial charge is 0.313 e. The van der Waals surface area contributed by atoms with Gasteiger partial charge < -0.3 is 19.9 Å². The van der Waals surface area contributed by atoms with Gasteiger partial charge in [-0.2, -0.15) is 0 Å². The molecule has 1 aromatic rings.